The van der Waals surface area contributed by atoms with Gasteiger partial charge in [-0.25, -0.2) is 9.97 Å². The Morgan fingerprint density at radius 1 is 1.50 bits per heavy atom. The van der Waals surface area contributed by atoms with Gasteiger partial charge in [-0.3, -0.25) is 4.99 Å². The van der Waals surface area contributed by atoms with Crippen molar-refractivity contribution < 1.29 is 0 Å². The second-order valence-electron chi connectivity index (χ2n) is 2.62. The second kappa shape index (κ2) is 4.53. The van der Waals surface area contributed by atoms with Gasteiger partial charge in [-0.1, -0.05) is 18.2 Å². The van der Waals surface area contributed by atoms with Gasteiger partial charge >= 0.3 is 0 Å². The normalized spacial score (nSPS) is 11.6. The van der Waals surface area contributed by atoms with E-state index in [2.05, 4.69) is 21.5 Å². The molecule has 1 aromatic heterocycles. The van der Waals surface area contributed by atoms with E-state index in [0.29, 0.717) is 16.3 Å². The Morgan fingerprint density at radius 3 is 2.71 bits per heavy atom. The Kier molecular flexibility index (Phi) is 3.61. The summed E-state index contributed by atoms with van der Waals surface area (Å²) < 4.78 is 0. The highest BCUT2D eigenvalue weighted by Gasteiger charge is 2.09. The lowest BCUT2D eigenvalue weighted by Gasteiger charge is -2.05. The van der Waals surface area contributed by atoms with Crippen LogP contribution < -0.4 is 0 Å². The summed E-state index contributed by atoms with van der Waals surface area (Å²) in [6.45, 7) is 5.66. The molecule has 0 fully saturated rings. The van der Waals surface area contributed by atoms with Crippen molar-refractivity contribution in [2.24, 2.45) is 4.99 Å². The van der Waals surface area contributed by atoms with E-state index in [1.807, 2.05) is 6.92 Å². The van der Waals surface area contributed by atoms with Gasteiger partial charge in [0.2, 0.25) is 5.28 Å². The summed E-state index contributed by atoms with van der Waals surface area (Å²) in [6.07, 6.45) is 1.44. The van der Waals surface area contributed by atoms with Gasteiger partial charge < -0.3 is 0 Å². The van der Waals surface area contributed by atoms with Gasteiger partial charge in [-0.05, 0) is 18.5 Å². The first kappa shape index (κ1) is 11.1. The monoisotopic (exact) mass is 229 g/mol. The highest BCUT2D eigenvalue weighted by Crippen LogP contribution is 2.21. The van der Waals surface area contributed by atoms with Crippen molar-refractivity contribution in [3.8, 4) is 0 Å². The van der Waals surface area contributed by atoms with Gasteiger partial charge in [0.15, 0.2) is 0 Å². The van der Waals surface area contributed by atoms with E-state index in [-0.39, 0.29) is 5.28 Å². The number of aliphatic imine (C=N–C) groups is 1. The average Bonchev–Trinajstić information content (AvgIpc) is 2.19. The molecular formula is C9H9Cl2N3. The first-order chi connectivity index (χ1) is 6.56. The van der Waals surface area contributed by atoms with Crippen LogP contribution in [0.1, 0.15) is 12.6 Å². The molecule has 1 aromatic rings. The van der Waals surface area contributed by atoms with Crippen molar-refractivity contribution in [2.45, 2.75) is 6.92 Å². The number of hydrogen-bond acceptors (Lipinski definition) is 3. The molecule has 1 heterocycles. The molecule has 0 saturated carbocycles. The lowest BCUT2D eigenvalue weighted by atomic mass is 10.1. The molecule has 0 aliphatic heterocycles. The van der Waals surface area contributed by atoms with Crippen LogP contribution in [0.5, 0.6) is 0 Å². The largest absolute Gasteiger partial charge is 0.293 e. The van der Waals surface area contributed by atoms with Gasteiger partial charge in [0.05, 0.1) is 16.9 Å². The molecular weight excluding hydrogens is 221 g/mol. The molecule has 5 heteroatoms. The first-order valence-corrected chi connectivity index (χ1v) is 4.63. The van der Waals surface area contributed by atoms with Crippen LogP contribution >= 0.6 is 23.2 Å². The number of nitrogens with zero attached hydrogens (tertiary/aromatic N) is 3. The van der Waals surface area contributed by atoms with E-state index in [9.17, 15) is 0 Å². The Morgan fingerprint density at radius 2 is 2.14 bits per heavy atom. The van der Waals surface area contributed by atoms with Crippen LogP contribution in [0.2, 0.25) is 10.3 Å². The fraction of sp³-hybridized carbons (Fsp3) is 0.222. The Labute approximate surface area is 92.5 Å². The van der Waals surface area contributed by atoms with Crippen LogP contribution in [-0.4, -0.2) is 22.7 Å². The summed E-state index contributed by atoms with van der Waals surface area (Å²) in [5, 5.41) is 0.567. The fourth-order valence-electron chi connectivity index (χ4n) is 0.864. The Hall–Kier alpha value is -0.930. The number of rotatable bonds is 2. The minimum Gasteiger partial charge on any atom is -0.293 e. The quantitative estimate of drug-likeness (QED) is 0.578. The molecule has 0 bridgehead atoms. The van der Waals surface area contributed by atoms with Crippen molar-refractivity contribution in [1.82, 2.24) is 9.97 Å². The maximum absolute atomic E-state index is 5.89. The van der Waals surface area contributed by atoms with E-state index in [4.69, 9.17) is 23.2 Å². The van der Waals surface area contributed by atoms with E-state index in [1.54, 1.807) is 7.05 Å². The second-order valence-corrected chi connectivity index (χ2v) is 3.37. The molecule has 0 unspecified atom stereocenters. The van der Waals surface area contributed by atoms with Gasteiger partial charge in [-0.15, -0.1) is 0 Å². The smallest absolute Gasteiger partial charge is 0.222 e. The molecule has 0 aromatic carbocycles. The highest BCUT2D eigenvalue weighted by molar-refractivity contribution is 6.35. The molecule has 0 radical (unpaired) electrons. The molecule has 14 heavy (non-hydrogen) atoms. The molecule has 0 aliphatic rings. The Balaban J connectivity index is 3.19. The highest BCUT2D eigenvalue weighted by atomic mass is 35.5. The molecule has 0 saturated heterocycles. The average molecular weight is 230 g/mol. The van der Waals surface area contributed by atoms with Gasteiger partial charge in [0.25, 0.3) is 0 Å². The SMILES string of the molecule is C=C(C(C)=NC)c1nc(Cl)ncc1Cl. The number of hydrogen-bond donors (Lipinski definition) is 0. The minimum absolute atomic E-state index is 0.148. The summed E-state index contributed by atoms with van der Waals surface area (Å²) in [5.74, 6) is 0. The van der Waals surface area contributed by atoms with E-state index >= 15 is 0 Å². The third kappa shape index (κ3) is 2.30. The predicted molar refractivity (Wildman–Crippen MR) is 60.1 cm³/mol. The summed E-state index contributed by atoms with van der Waals surface area (Å²) >= 11 is 11.5. The molecule has 0 aliphatic carbocycles. The van der Waals surface area contributed by atoms with Crippen molar-refractivity contribution in [3.05, 3.63) is 28.8 Å². The number of halogens is 2. The lowest BCUT2D eigenvalue weighted by molar-refractivity contribution is 1.15. The Bertz CT molecular complexity index is 399. The van der Waals surface area contributed by atoms with Crippen LogP contribution in [0.15, 0.2) is 17.8 Å². The summed E-state index contributed by atoms with van der Waals surface area (Å²) in [6, 6.07) is 0. The predicted octanol–water partition coefficient (Wildman–Crippen LogP) is 2.89. The van der Waals surface area contributed by atoms with Crippen LogP contribution in [-0.2, 0) is 0 Å². The van der Waals surface area contributed by atoms with Crippen molar-refractivity contribution in [3.63, 3.8) is 0 Å². The van der Waals surface area contributed by atoms with Crippen molar-refractivity contribution in [1.29, 1.82) is 0 Å². The molecule has 3 nitrogen and oxygen atoms in total. The zero-order valence-corrected chi connectivity index (χ0v) is 9.39. The fourth-order valence-corrected chi connectivity index (χ4v) is 1.20. The molecule has 74 valence electrons. The van der Waals surface area contributed by atoms with Gasteiger partial charge in [-0.2, -0.15) is 0 Å². The lowest BCUT2D eigenvalue weighted by Crippen LogP contribution is -2.00. The molecule has 0 atom stereocenters. The summed E-state index contributed by atoms with van der Waals surface area (Å²) in [7, 11) is 1.68. The van der Waals surface area contributed by atoms with E-state index in [1.165, 1.54) is 6.20 Å². The van der Waals surface area contributed by atoms with Crippen LogP contribution in [0.4, 0.5) is 0 Å². The molecule has 0 N–H and O–H groups in total. The van der Waals surface area contributed by atoms with Crippen LogP contribution in [0.25, 0.3) is 5.57 Å². The maximum Gasteiger partial charge on any atom is 0.222 e. The van der Waals surface area contributed by atoms with Gasteiger partial charge in [0.1, 0.15) is 0 Å². The molecule has 0 amide bonds. The van der Waals surface area contributed by atoms with Gasteiger partial charge in [0, 0.05) is 18.3 Å². The van der Waals surface area contributed by atoms with Crippen LogP contribution in [0.3, 0.4) is 0 Å². The maximum atomic E-state index is 5.89. The first-order valence-electron chi connectivity index (χ1n) is 3.87. The molecule has 0 spiro atoms. The summed E-state index contributed by atoms with van der Waals surface area (Å²) in [5.41, 5.74) is 1.94. The topological polar surface area (TPSA) is 38.1 Å². The number of allylic oxidation sites excluding steroid dienone is 1. The van der Waals surface area contributed by atoms with E-state index < -0.39 is 0 Å². The summed E-state index contributed by atoms with van der Waals surface area (Å²) in [4.78, 5) is 11.7. The third-order valence-electron chi connectivity index (χ3n) is 1.77. The van der Waals surface area contributed by atoms with Crippen LogP contribution in [0, 0.1) is 0 Å². The standard InChI is InChI=1S/C9H9Cl2N3/c1-5(6(2)12-3)8-7(10)4-13-9(11)14-8/h4H,1H2,2-3H3. The minimum atomic E-state index is 0.148. The number of aromatic nitrogens is 2. The third-order valence-corrected chi connectivity index (χ3v) is 2.23. The zero-order valence-electron chi connectivity index (χ0n) is 7.88. The zero-order chi connectivity index (χ0) is 10.7. The van der Waals surface area contributed by atoms with Crippen molar-refractivity contribution >= 4 is 34.5 Å². The molecule has 1 rings (SSSR count). The van der Waals surface area contributed by atoms with E-state index in [0.717, 1.165) is 5.71 Å². The van der Waals surface area contributed by atoms with Crippen molar-refractivity contribution in [2.75, 3.05) is 7.05 Å².